The average Bonchev–Trinajstić information content (AvgIpc) is 2.27. The predicted octanol–water partition coefficient (Wildman–Crippen LogP) is 2.37. The summed E-state index contributed by atoms with van der Waals surface area (Å²) in [5.41, 5.74) is 0.860. The fraction of sp³-hybridized carbons (Fsp3) is 0.300. The lowest BCUT2D eigenvalue weighted by Crippen LogP contribution is -2.08. The van der Waals surface area contributed by atoms with E-state index in [1.807, 2.05) is 0 Å². The normalized spacial score (nSPS) is 19.3. The maximum Gasteiger partial charge on any atom is 0.269 e. The van der Waals surface area contributed by atoms with Gasteiger partial charge in [-0.2, -0.15) is 0 Å². The Kier molecular flexibility index (Phi) is 2.73. The minimum Gasteiger partial charge on any atom is -0.303 e. The lowest BCUT2D eigenvalue weighted by atomic mass is 9.97. The molecule has 0 aliphatic carbocycles. The van der Waals surface area contributed by atoms with Crippen molar-refractivity contribution in [2.75, 3.05) is 5.75 Å². The van der Waals surface area contributed by atoms with Gasteiger partial charge < -0.3 is 4.79 Å². The fourth-order valence-electron chi connectivity index (χ4n) is 1.66. The van der Waals surface area contributed by atoms with E-state index in [9.17, 15) is 14.9 Å². The molecule has 0 saturated carbocycles. The second-order valence-corrected chi connectivity index (χ2v) is 4.50. The summed E-state index contributed by atoms with van der Waals surface area (Å²) in [4.78, 5) is 22.0. The van der Waals surface area contributed by atoms with Gasteiger partial charge in [0.05, 0.1) is 4.92 Å². The third kappa shape index (κ3) is 1.87. The highest BCUT2D eigenvalue weighted by atomic mass is 32.2. The van der Waals surface area contributed by atoms with Crippen molar-refractivity contribution in [2.45, 2.75) is 17.2 Å². The van der Waals surface area contributed by atoms with E-state index >= 15 is 0 Å². The number of non-ortho nitro benzene ring substituents is 1. The number of nitrogens with zero attached hydrogens (tertiary/aromatic N) is 1. The van der Waals surface area contributed by atoms with Crippen LogP contribution in [-0.4, -0.2) is 17.0 Å². The summed E-state index contributed by atoms with van der Waals surface area (Å²) in [6.07, 6.45) is 1.64. The van der Waals surface area contributed by atoms with Gasteiger partial charge in [-0.1, -0.05) is 0 Å². The van der Waals surface area contributed by atoms with Crippen molar-refractivity contribution in [3.63, 3.8) is 0 Å². The SMILES string of the molecule is O=CC1CCSc2ccc([N+](=O)[O-])cc21. The van der Waals surface area contributed by atoms with E-state index in [4.69, 9.17) is 0 Å². The fourth-order valence-corrected chi connectivity index (χ4v) is 2.80. The second-order valence-electron chi connectivity index (χ2n) is 3.36. The van der Waals surface area contributed by atoms with Crippen molar-refractivity contribution in [3.05, 3.63) is 33.9 Å². The predicted molar refractivity (Wildman–Crippen MR) is 57.2 cm³/mol. The van der Waals surface area contributed by atoms with Crippen molar-refractivity contribution >= 4 is 23.7 Å². The number of hydrogen-bond acceptors (Lipinski definition) is 4. The molecule has 0 spiro atoms. The summed E-state index contributed by atoms with van der Waals surface area (Å²) >= 11 is 1.65. The molecule has 0 fully saturated rings. The number of nitro groups is 1. The van der Waals surface area contributed by atoms with Gasteiger partial charge in [-0.15, -0.1) is 11.8 Å². The van der Waals surface area contributed by atoms with Crippen molar-refractivity contribution < 1.29 is 9.72 Å². The van der Waals surface area contributed by atoms with E-state index in [0.29, 0.717) is 0 Å². The van der Waals surface area contributed by atoms with Crippen molar-refractivity contribution in [2.24, 2.45) is 0 Å². The summed E-state index contributed by atoms with van der Waals surface area (Å²) in [5, 5.41) is 10.6. The van der Waals surface area contributed by atoms with Gasteiger partial charge in [0, 0.05) is 22.9 Å². The molecular formula is C10H9NO3S. The standard InChI is InChI=1S/C10H9NO3S/c12-6-7-3-4-15-10-2-1-8(11(13)14)5-9(7)10/h1-2,5-7H,3-4H2. The van der Waals surface area contributed by atoms with Crippen LogP contribution in [-0.2, 0) is 4.79 Å². The minimum absolute atomic E-state index is 0.0584. The van der Waals surface area contributed by atoms with E-state index in [2.05, 4.69) is 0 Å². The maximum absolute atomic E-state index is 10.8. The molecule has 0 saturated heterocycles. The Morgan fingerprint density at radius 3 is 3.00 bits per heavy atom. The summed E-state index contributed by atoms with van der Waals surface area (Å²) in [5.74, 6) is 0.718. The Bertz CT molecular complexity index is 419. The number of nitro benzene ring substituents is 1. The first-order chi connectivity index (χ1) is 7.22. The number of aldehydes is 1. The molecule has 15 heavy (non-hydrogen) atoms. The molecule has 1 unspecified atom stereocenters. The zero-order chi connectivity index (χ0) is 10.8. The van der Waals surface area contributed by atoms with Gasteiger partial charge in [0.2, 0.25) is 0 Å². The molecule has 0 aromatic heterocycles. The van der Waals surface area contributed by atoms with Crippen LogP contribution in [0.4, 0.5) is 5.69 Å². The molecule has 78 valence electrons. The maximum atomic E-state index is 10.8. The lowest BCUT2D eigenvalue weighted by molar-refractivity contribution is -0.385. The van der Waals surface area contributed by atoms with E-state index in [1.165, 1.54) is 12.1 Å². The Labute approximate surface area is 90.8 Å². The lowest BCUT2D eigenvalue weighted by Gasteiger charge is -2.19. The van der Waals surface area contributed by atoms with Gasteiger partial charge in [-0.25, -0.2) is 0 Å². The van der Waals surface area contributed by atoms with Gasteiger partial charge in [0.15, 0.2) is 0 Å². The molecule has 1 atom stereocenters. The van der Waals surface area contributed by atoms with Gasteiger partial charge in [-0.3, -0.25) is 10.1 Å². The Morgan fingerprint density at radius 1 is 1.53 bits per heavy atom. The summed E-state index contributed by atoms with van der Waals surface area (Å²) < 4.78 is 0. The van der Waals surface area contributed by atoms with Crippen LogP contribution in [0.5, 0.6) is 0 Å². The average molecular weight is 223 g/mol. The number of carbonyl (C=O) groups is 1. The number of thioether (sulfide) groups is 1. The highest BCUT2D eigenvalue weighted by Gasteiger charge is 2.22. The minimum atomic E-state index is -0.429. The van der Waals surface area contributed by atoms with Crippen LogP contribution in [0.1, 0.15) is 17.9 Å². The van der Waals surface area contributed by atoms with Crippen molar-refractivity contribution in [3.8, 4) is 0 Å². The first-order valence-electron chi connectivity index (χ1n) is 4.59. The van der Waals surface area contributed by atoms with E-state index in [-0.39, 0.29) is 11.6 Å². The van der Waals surface area contributed by atoms with E-state index < -0.39 is 4.92 Å². The summed E-state index contributed by atoms with van der Waals surface area (Å²) in [6, 6.07) is 4.73. The van der Waals surface area contributed by atoms with Crippen LogP contribution in [0.25, 0.3) is 0 Å². The molecule has 1 aliphatic rings. The highest BCUT2D eigenvalue weighted by Crippen LogP contribution is 2.38. The zero-order valence-electron chi connectivity index (χ0n) is 7.88. The van der Waals surface area contributed by atoms with Crippen LogP contribution in [0.15, 0.2) is 23.1 Å². The smallest absolute Gasteiger partial charge is 0.269 e. The van der Waals surface area contributed by atoms with Crippen LogP contribution < -0.4 is 0 Å². The summed E-state index contributed by atoms with van der Waals surface area (Å²) in [7, 11) is 0. The molecule has 0 radical (unpaired) electrons. The van der Waals surface area contributed by atoms with E-state index in [1.54, 1.807) is 17.8 Å². The molecule has 2 rings (SSSR count). The molecule has 4 nitrogen and oxygen atoms in total. The topological polar surface area (TPSA) is 60.2 Å². The second kappa shape index (κ2) is 4.02. The van der Waals surface area contributed by atoms with Crippen LogP contribution in [0, 0.1) is 10.1 Å². The van der Waals surface area contributed by atoms with Crippen molar-refractivity contribution in [1.82, 2.24) is 0 Å². The van der Waals surface area contributed by atoms with Crippen LogP contribution in [0.2, 0.25) is 0 Å². The monoisotopic (exact) mass is 223 g/mol. The third-order valence-corrected chi connectivity index (χ3v) is 3.58. The van der Waals surface area contributed by atoms with E-state index in [0.717, 1.165) is 28.9 Å². The quantitative estimate of drug-likeness (QED) is 0.438. The molecule has 1 aromatic rings. The Balaban J connectivity index is 2.47. The number of fused-ring (bicyclic) bond motifs is 1. The van der Waals surface area contributed by atoms with Gasteiger partial charge >= 0.3 is 0 Å². The highest BCUT2D eigenvalue weighted by molar-refractivity contribution is 7.99. The first kappa shape index (κ1) is 10.2. The molecule has 0 N–H and O–H groups in total. The molecule has 1 heterocycles. The number of carbonyl (C=O) groups excluding carboxylic acids is 1. The number of benzene rings is 1. The van der Waals surface area contributed by atoms with Gasteiger partial charge in [0.1, 0.15) is 6.29 Å². The first-order valence-corrected chi connectivity index (χ1v) is 5.57. The third-order valence-electron chi connectivity index (χ3n) is 2.45. The van der Waals surface area contributed by atoms with Crippen LogP contribution >= 0.6 is 11.8 Å². The molecule has 0 amide bonds. The molecular weight excluding hydrogens is 214 g/mol. The Hall–Kier alpha value is -1.36. The number of hydrogen-bond donors (Lipinski definition) is 0. The van der Waals surface area contributed by atoms with Gasteiger partial charge in [-0.05, 0) is 23.8 Å². The molecule has 1 aromatic carbocycles. The summed E-state index contributed by atoms with van der Waals surface area (Å²) in [6.45, 7) is 0. The zero-order valence-corrected chi connectivity index (χ0v) is 8.70. The van der Waals surface area contributed by atoms with Crippen molar-refractivity contribution in [1.29, 1.82) is 0 Å². The Morgan fingerprint density at radius 2 is 2.33 bits per heavy atom. The molecule has 0 bridgehead atoms. The molecule has 5 heteroatoms. The molecule has 1 aliphatic heterocycles. The largest absolute Gasteiger partial charge is 0.303 e. The van der Waals surface area contributed by atoms with Gasteiger partial charge in [0.25, 0.3) is 5.69 Å². The van der Waals surface area contributed by atoms with Crippen LogP contribution in [0.3, 0.4) is 0 Å². The number of rotatable bonds is 2.